The highest BCUT2D eigenvalue weighted by atomic mass is 31.2. The monoisotopic (exact) mass is 268 g/mol. The van der Waals surface area contributed by atoms with E-state index in [-0.39, 0.29) is 0 Å². The lowest BCUT2D eigenvalue weighted by molar-refractivity contribution is 0.156. The second-order valence-electron chi connectivity index (χ2n) is 2.52. The zero-order valence-corrected chi connectivity index (χ0v) is 10.8. The quantitative estimate of drug-likeness (QED) is 0.416. The molecule has 0 amide bonds. The Hall–Kier alpha value is 0.0949. The Labute approximate surface area is 94.1 Å². The van der Waals surface area contributed by atoms with E-state index in [0.29, 0.717) is 19.8 Å². The number of rotatable bonds is 6. The van der Waals surface area contributed by atoms with Gasteiger partial charge in [0, 0.05) is 0 Å². The van der Waals surface area contributed by atoms with Crippen LogP contribution in [0, 0.1) is 0 Å². The Morgan fingerprint density at radius 2 is 1.00 bits per heavy atom. The molecule has 0 aliphatic rings. The minimum Gasteiger partial charge on any atom is -0.418 e. The first-order chi connectivity index (χ1) is 7.18. The van der Waals surface area contributed by atoms with E-state index in [1.54, 1.807) is 0 Å². The molecule has 3 nitrogen and oxygen atoms in total. The minimum atomic E-state index is -6.00. The lowest BCUT2D eigenvalue weighted by atomic mass is 10.3. The van der Waals surface area contributed by atoms with Gasteiger partial charge in [0.1, 0.15) is 6.66 Å². The maximum atomic E-state index is 9.75. The average molecular weight is 268 g/mol. The summed E-state index contributed by atoms with van der Waals surface area (Å²) in [5.74, 6) is 0. The Morgan fingerprint density at radius 3 is 1.12 bits per heavy atom. The molecule has 0 heterocycles. The molecular formula is C7H18BF4O3P. The fraction of sp³-hybridized carbons (Fsp3) is 1.00. The zero-order valence-electron chi connectivity index (χ0n) is 9.88. The molecule has 0 radical (unpaired) electrons. The van der Waals surface area contributed by atoms with Gasteiger partial charge in [-0.25, -0.2) is 0 Å². The molecule has 0 saturated heterocycles. The third-order valence-corrected chi connectivity index (χ3v) is 3.27. The van der Waals surface area contributed by atoms with Crippen LogP contribution in [0.3, 0.4) is 0 Å². The Bertz CT molecular complexity index is 147. The lowest BCUT2D eigenvalue weighted by Gasteiger charge is -2.15. The van der Waals surface area contributed by atoms with Crippen LogP contribution < -0.4 is 0 Å². The largest absolute Gasteiger partial charge is 0.673 e. The zero-order chi connectivity index (χ0) is 13.2. The fourth-order valence-electron chi connectivity index (χ4n) is 0.815. The molecule has 0 saturated carbocycles. The van der Waals surface area contributed by atoms with Crippen molar-refractivity contribution in [2.24, 2.45) is 0 Å². The molecule has 0 fully saturated rings. The van der Waals surface area contributed by atoms with Gasteiger partial charge in [-0.1, -0.05) is 0 Å². The highest BCUT2D eigenvalue weighted by Gasteiger charge is 2.36. The van der Waals surface area contributed by atoms with E-state index in [2.05, 4.69) is 0 Å². The standard InChI is InChI=1S/C7H18O3P.BF4/c1-5-8-11(4,9-6-2)10-7-3;2-1(3,4)5/h5-7H2,1-4H3;/q+1;-1. The molecule has 0 aromatic rings. The summed E-state index contributed by atoms with van der Waals surface area (Å²) in [5, 5.41) is 0. The molecule has 0 aliphatic heterocycles. The predicted molar refractivity (Wildman–Crippen MR) is 57.9 cm³/mol. The van der Waals surface area contributed by atoms with Crippen LogP contribution in [0.4, 0.5) is 17.3 Å². The molecule has 0 atom stereocenters. The number of hydrogen-bond donors (Lipinski definition) is 0. The summed E-state index contributed by atoms with van der Waals surface area (Å²) in [6, 6.07) is 0. The summed E-state index contributed by atoms with van der Waals surface area (Å²) < 4.78 is 55.1. The Balaban J connectivity index is 0. The van der Waals surface area contributed by atoms with Crippen molar-refractivity contribution in [2.75, 3.05) is 26.5 Å². The van der Waals surface area contributed by atoms with Crippen molar-refractivity contribution < 1.29 is 30.8 Å². The molecule has 0 aliphatic carbocycles. The summed E-state index contributed by atoms with van der Waals surface area (Å²) in [5.41, 5.74) is 0. The SMILES string of the molecule is CCO[P+](C)(OCC)OCC.F[B-](F)(F)F. The van der Waals surface area contributed by atoms with Crippen LogP contribution in [-0.2, 0) is 13.6 Å². The highest BCUT2D eigenvalue weighted by Crippen LogP contribution is 2.58. The van der Waals surface area contributed by atoms with Gasteiger partial charge in [0.15, 0.2) is 0 Å². The maximum absolute atomic E-state index is 9.75. The van der Waals surface area contributed by atoms with E-state index < -0.39 is 15.2 Å². The Kier molecular flexibility index (Phi) is 10.6. The molecule has 0 rings (SSSR count). The van der Waals surface area contributed by atoms with Gasteiger partial charge in [-0.2, -0.15) is 13.6 Å². The van der Waals surface area contributed by atoms with Gasteiger partial charge < -0.3 is 17.3 Å². The van der Waals surface area contributed by atoms with Gasteiger partial charge in [0.25, 0.3) is 0 Å². The number of halogens is 4. The van der Waals surface area contributed by atoms with Crippen molar-refractivity contribution in [1.82, 2.24) is 0 Å². The predicted octanol–water partition coefficient (Wildman–Crippen LogP) is 3.79. The smallest absolute Gasteiger partial charge is 0.418 e. The van der Waals surface area contributed by atoms with Gasteiger partial charge in [-0.15, -0.1) is 0 Å². The summed E-state index contributed by atoms with van der Waals surface area (Å²) in [7, 11) is -7.97. The van der Waals surface area contributed by atoms with Crippen molar-refractivity contribution >= 4 is 15.2 Å². The fourth-order valence-corrected chi connectivity index (χ4v) is 2.45. The van der Waals surface area contributed by atoms with E-state index in [4.69, 9.17) is 13.6 Å². The van der Waals surface area contributed by atoms with Crippen molar-refractivity contribution in [3.05, 3.63) is 0 Å². The topological polar surface area (TPSA) is 27.7 Å². The first-order valence-electron chi connectivity index (χ1n) is 4.86. The Morgan fingerprint density at radius 1 is 0.812 bits per heavy atom. The third-order valence-electron chi connectivity index (χ3n) is 1.09. The van der Waals surface area contributed by atoms with Gasteiger partial charge in [-0.3, -0.25) is 0 Å². The summed E-state index contributed by atoms with van der Waals surface area (Å²) in [6.45, 7) is 9.64. The van der Waals surface area contributed by atoms with Gasteiger partial charge >= 0.3 is 15.2 Å². The van der Waals surface area contributed by atoms with Crippen LogP contribution in [0.1, 0.15) is 20.8 Å². The second-order valence-corrected chi connectivity index (χ2v) is 4.84. The van der Waals surface area contributed by atoms with Gasteiger partial charge in [0.05, 0.1) is 19.8 Å². The normalized spacial score (nSPS) is 12.0. The maximum Gasteiger partial charge on any atom is 0.673 e. The molecular weight excluding hydrogens is 250 g/mol. The molecule has 0 aromatic carbocycles. The van der Waals surface area contributed by atoms with Crippen LogP contribution >= 0.6 is 7.94 Å². The van der Waals surface area contributed by atoms with E-state index in [9.17, 15) is 17.3 Å². The molecule has 0 spiro atoms. The van der Waals surface area contributed by atoms with Crippen LogP contribution in [-0.4, -0.2) is 33.7 Å². The number of hydrogen-bond acceptors (Lipinski definition) is 3. The van der Waals surface area contributed by atoms with E-state index >= 15 is 0 Å². The van der Waals surface area contributed by atoms with Crippen molar-refractivity contribution in [3.8, 4) is 0 Å². The molecule has 16 heavy (non-hydrogen) atoms. The third kappa shape index (κ3) is 16.5. The molecule has 9 heteroatoms. The first-order valence-corrected chi connectivity index (χ1v) is 6.85. The van der Waals surface area contributed by atoms with E-state index in [1.807, 2.05) is 27.4 Å². The van der Waals surface area contributed by atoms with Crippen LogP contribution in [0.25, 0.3) is 0 Å². The van der Waals surface area contributed by atoms with Crippen molar-refractivity contribution in [1.29, 1.82) is 0 Å². The van der Waals surface area contributed by atoms with Crippen molar-refractivity contribution in [3.63, 3.8) is 0 Å². The molecule has 0 unspecified atom stereocenters. The van der Waals surface area contributed by atoms with Crippen LogP contribution in [0.15, 0.2) is 0 Å². The van der Waals surface area contributed by atoms with Crippen LogP contribution in [0.2, 0.25) is 0 Å². The van der Waals surface area contributed by atoms with Gasteiger partial charge in [-0.05, 0) is 20.8 Å². The summed E-state index contributed by atoms with van der Waals surface area (Å²) in [6.07, 6.45) is 0. The summed E-state index contributed by atoms with van der Waals surface area (Å²) in [4.78, 5) is 0. The molecule has 0 N–H and O–H groups in total. The van der Waals surface area contributed by atoms with E-state index in [0.717, 1.165) is 0 Å². The second kappa shape index (κ2) is 9.16. The van der Waals surface area contributed by atoms with Crippen molar-refractivity contribution in [2.45, 2.75) is 20.8 Å². The molecule has 0 bridgehead atoms. The molecule has 0 aromatic heterocycles. The average Bonchev–Trinajstić information content (AvgIpc) is 2.01. The highest BCUT2D eigenvalue weighted by molar-refractivity contribution is 7.60. The first kappa shape index (κ1) is 18.5. The van der Waals surface area contributed by atoms with Crippen LogP contribution in [0.5, 0.6) is 0 Å². The van der Waals surface area contributed by atoms with Gasteiger partial charge in [0.2, 0.25) is 0 Å². The molecule has 100 valence electrons. The van der Waals surface area contributed by atoms with E-state index in [1.165, 1.54) is 0 Å². The summed E-state index contributed by atoms with van der Waals surface area (Å²) >= 11 is 0. The minimum absolute atomic E-state index is 0.643. The lowest BCUT2D eigenvalue weighted by Crippen LogP contribution is -2.05.